The van der Waals surface area contributed by atoms with Crippen molar-refractivity contribution in [2.45, 2.75) is 26.2 Å². The highest BCUT2D eigenvalue weighted by atomic mass is 35.5. The number of rotatable bonds is 5. The van der Waals surface area contributed by atoms with Crippen molar-refractivity contribution in [3.8, 4) is 11.3 Å². The first-order valence-corrected chi connectivity index (χ1v) is 8.49. The molecule has 124 valence electrons. The highest BCUT2D eigenvalue weighted by Crippen LogP contribution is 2.34. The summed E-state index contributed by atoms with van der Waals surface area (Å²) in [7, 11) is 0. The molecule has 0 saturated carbocycles. The van der Waals surface area contributed by atoms with E-state index in [2.05, 4.69) is 4.98 Å². The van der Waals surface area contributed by atoms with Crippen molar-refractivity contribution in [3.63, 3.8) is 0 Å². The number of aryl methyl sites for hydroxylation is 2. The molecular weight excluding hydrogens is 345 g/mol. The van der Waals surface area contributed by atoms with Gasteiger partial charge in [-0.15, -0.1) is 0 Å². The van der Waals surface area contributed by atoms with Crippen LogP contribution < -0.4 is 0 Å². The van der Waals surface area contributed by atoms with Gasteiger partial charge in [0.2, 0.25) is 0 Å². The van der Waals surface area contributed by atoms with E-state index in [-0.39, 0.29) is 6.42 Å². The summed E-state index contributed by atoms with van der Waals surface area (Å²) in [6.45, 7) is 1.97. The van der Waals surface area contributed by atoms with E-state index in [0.29, 0.717) is 17.9 Å². The summed E-state index contributed by atoms with van der Waals surface area (Å²) in [6, 6.07) is 11.6. The molecule has 3 nitrogen and oxygen atoms in total. The van der Waals surface area contributed by atoms with Crippen LogP contribution in [0.2, 0.25) is 10.0 Å². The van der Waals surface area contributed by atoms with Crippen LogP contribution >= 0.6 is 23.2 Å². The summed E-state index contributed by atoms with van der Waals surface area (Å²) in [5, 5.41) is 11.3. The van der Waals surface area contributed by atoms with E-state index < -0.39 is 5.97 Å². The van der Waals surface area contributed by atoms with E-state index in [1.807, 2.05) is 43.3 Å². The molecule has 0 atom stereocenters. The van der Waals surface area contributed by atoms with Crippen LogP contribution in [-0.2, 0) is 11.2 Å². The average Bonchev–Trinajstić information content (AvgIpc) is 2.88. The van der Waals surface area contributed by atoms with E-state index in [0.717, 1.165) is 38.3 Å². The van der Waals surface area contributed by atoms with Crippen LogP contribution in [0.1, 0.15) is 24.0 Å². The molecule has 5 heteroatoms. The Balaban J connectivity index is 2.11. The second kappa shape index (κ2) is 6.88. The normalized spacial score (nSPS) is 11.1. The maximum atomic E-state index is 10.8. The van der Waals surface area contributed by atoms with Crippen molar-refractivity contribution in [2.75, 3.05) is 0 Å². The maximum absolute atomic E-state index is 10.8. The van der Waals surface area contributed by atoms with Crippen molar-refractivity contribution in [1.29, 1.82) is 0 Å². The summed E-state index contributed by atoms with van der Waals surface area (Å²) in [5.74, 6) is -0.781. The first-order valence-electron chi connectivity index (χ1n) is 7.74. The summed E-state index contributed by atoms with van der Waals surface area (Å²) < 4.78 is 0. The molecule has 1 aromatic heterocycles. The minimum absolute atomic E-state index is 0.145. The fraction of sp³-hybridized carbons (Fsp3) is 0.211. The van der Waals surface area contributed by atoms with Crippen molar-refractivity contribution in [1.82, 2.24) is 4.98 Å². The Morgan fingerprint density at radius 3 is 2.67 bits per heavy atom. The molecule has 0 amide bonds. The Bertz CT molecular complexity index is 915. The minimum atomic E-state index is -0.781. The molecule has 3 rings (SSSR count). The Hall–Kier alpha value is -1.97. The topological polar surface area (TPSA) is 53.1 Å². The lowest BCUT2D eigenvalue weighted by atomic mass is 9.99. The molecule has 2 aromatic carbocycles. The summed E-state index contributed by atoms with van der Waals surface area (Å²) in [5.41, 5.74) is 5.12. The predicted molar refractivity (Wildman–Crippen MR) is 99.1 cm³/mol. The van der Waals surface area contributed by atoms with E-state index >= 15 is 0 Å². The zero-order chi connectivity index (χ0) is 17.3. The van der Waals surface area contributed by atoms with Gasteiger partial charge in [0.15, 0.2) is 0 Å². The van der Waals surface area contributed by atoms with E-state index in [1.54, 1.807) is 0 Å². The number of carboxylic acids is 1. The molecule has 2 N–H and O–H groups in total. The SMILES string of the molecule is Cc1cc(-c2[nH]c3ccc(Cl)cc3c2CCCC(=O)O)ccc1Cl. The van der Waals surface area contributed by atoms with Gasteiger partial charge in [0.05, 0.1) is 0 Å². The smallest absolute Gasteiger partial charge is 0.303 e. The molecular formula is C19H17Cl2NO2. The molecule has 0 radical (unpaired) electrons. The van der Waals surface area contributed by atoms with Gasteiger partial charge in [-0.05, 0) is 66.8 Å². The third-order valence-electron chi connectivity index (χ3n) is 4.13. The van der Waals surface area contributed by atoms with Crippen molar-refractivity contribution in [3.05, 3.63) is 57.6 Å². The van der Waals surface area contributed by atoms with Crippen LogP contribution in [0, 0.1) is 6.92 Å². The molecule has 0 aliphatic rings. The van der Waals surface area contributed by atoms with E-state index in [4.69, 9.17) is 28.3 Å². The third kappa shape index (κ3) is 3.42. The van der Waals surface area contributed by atoms with Gasteiger partial charge in [0.1, 0.15) is 0 Å². The minimum Gasteiger partial charge on any atom is -0.481 e. The van der Waals surface area contributed by atoms with Gasteiger partial charge >= 0.3 is 5.97 Å². The monoisotopic (exact) mass is 361 g/mol. The van der Waals surface area contributed by atoms with Gasteiger partial charge in [-0.25, -0.2) is 0 Å². The Morgan fingerprint density at radius 2 is 1.96 bits per heavy atom. The zero-order valence-electron chi connectivity index (χ0n) is 13.2. The number of hydrogen-bond acceptors (Lipinski definition) is 1. The number of carboxylic acid groups (broad SMARTS) is 1. The second-order valence-corrected chi connectivity index (χ2v) is 6.72. The highest BCUT2D eigenvalue weighted by molar-refractivity contribution is 6.31. The van der Waals surface area contributed by atoms with Crippen LogP contribution in [0.4, 0.5) is 0 Å². The zero-order valence-corrected chi connectivity index (χ0v) is 14.7. The number of carbonyl (C=O) groups is 1. The van der Waals surface area contributed by atoms with E-state index in [9.17, 15) is 4.79 Å². The van der Waals surface area contributed by atoms with Crippen LogP contribution in [0.3, 0.4) is 0 Å². The molecule has 0 unspecified atom stereocenters. The van der Waals surface area contributed by atoms with Crippen LogP contribution in [-0.4, -0.2) is 16.1 Å². The number of fused-ring (bicyclic) bond motifs is 1. The van der Waals surface area contributed by atoms with Crippen molar-refractivity contribution in [2.24, 2.45) is 0 Å². The highest BCUT2D eigenvalue weighted by Gasteiger charge is 2.14. The second-order valence-electron chi connectivity index (χ2n) is 5.88. The fourth-order valence-corrected chi connectivity index (χ4v) is 3.23. The molecule has 24 heavy (non-hydrogen) atoms. The van der Waals surface area contributed by atoms with E-state index in [1.165, 1.54) is 0 Å². The lowest BCUT2D eigenvalue weighted by molar-refractivity contribution is -0.137. The number of aliphatic carboxylic acids is 1. The Morgan fingerprint density at radius 1 is 1.17 bits per heavy atom. The van der Waals surface area contributed by atoms with Crippen molar-refractivity contribution >= 4 is 40.1 Å². The van der Waals surface area contributed by atoms with Gasteiger partial charge in [-0.2, -0.15) is 0 Å². The molecule has 0 bridgehead atoms. The van der Waals surface area contributed by atoms with Crippen LogP contribution in [0.25, 0.3) is 22.2 Å². The number of benzene rings is 2. The summed E-state index contributed by atoms with van der Waals surface area (Å²) >= 11 is 12.3. The van der Waals surface area contributed by atoms with Gasteiger partial charge in [-0.1, -0.05) is 29.3 Å². The van der Waals surface area contributed by atoms with Crippen LogP contribution in [0.5, 0.6) is 0 Å². The molecule has 3 aromatic rings. The molecule has 0 saturated heterocycles. The van der Waals surface area contributed by atoms with Gasteiger partial charge < -0.3 is 10.1 Å². The first-order chi connectivity index (χ1) is 11.5. The average molecular weight is 362 g/mol. The molecule has 0 fully saturated rings. The number of aromatic amines is 1. The first kappa shape index (κ1) is 16.9. The maximum Gasteiger partial charge on any atom is 0.303 e. The summed E-state index contributed by atoms with van der Waals surface area (Å²) in [6.07, 6.45) is 1.39. The number of hydrogen-bond donors (Lipinski definition) is 2. The molecule has 0 aliphatic heterocycles. The third-order valence-corrected chi connectivity index (χ3v) is 4.79. The van der Waals surface area contributed by atoms with Gasteiger partial charge in [0, 0.05) is 33.1 Å². The fourth-order valence-electron chi connectivity index (χ4n) is 2.94. The van der Waals surface area contributed by atoms with Gasteiger partial charge in [0.25, 0.3) is 0 Å². The summed E-state index contributed by atoms with van der Waals surface area (Å²) in [4.78, 5) is 14.3. The number of H-pyrrole nitrogens is 1. The van der Waals surface area contributed by atoms with Gasteiger partial charge in [-0.3, -0.25) is 4.79 Å². The van der Waals surface area contributed by atoms with Crippen molar-refractivity contribution < 1.29 is 9.90 Å². The standard InChI is InChI=1S/C19H17Cl2NO2/c1-11-9-12(5-7-16(11)21)19-14(3-2-4-18(23)24)15-10-13(20)6-8-17(15)22-19/h5-10,22H,2-4H2,1H3,(H,23,24). The largest absolute Gasteiger partial charge is 0.481 e. The lowest BCUT2D eigenvalue weighted by Gasteiger charge is -2.07. The number of aromatic nitrogens is 1. The molecule has 0 aliphatic carbocycles. The number of halogens is 2. The van der Waals surface area contributed by atoms with Crippen LogP contribution in [0.15, 0.2) is 36.4 Å². The Labute approximate surface area is 150 Å². The predicted octanol–water partition coefficient (Wildman–Crippen LogP) is 5.86. The quantitative estimate of drug-likeness (QED) is 0.597. The number of nitrogens with one attached hydrogen (secondary N) is 1. The molecule has 1 heterocycles. The molecule has 0 spiro atoms. The Kier molecular flexibility index (Phi) is 4.83. The lowest BCUT2D eigenvalue weighted by Crippen LogP contribution is -1.96.